The molecule has 0 amide bonds. The molecule has 0 N–H and O–H groups in total. The number of nitro groups is 1. The summed E-state index contributed by atoms with van der Waals surface area (Å²) in [5.74, 6) is -0.468. The molecule has 0 radical (unpaired) electrons. The summed E-state index contributed by atoms with van der Waals surface area (Å²) < 4.78 is 9.32. The molecule has 0 bridgehead atoms. The molecule has 0 aliphatic carbocycles. The Morgan fingerprint density at radius 2 is 2.27 bits per heavy atom. The largest absolute Gasteiger partial charge is 0.425 e. The summed E-state index contributed by atoms with van der Waals surface area (Å²) in [6.07, 6.45) is 0. The van der Waals surface area contributed by atoms with Gasteiger partial charge in [-0.1, -0.05) is 6.07 Å². The average molecular weight is 211 g/mol. The van der Waals surface area contributed by atoms with Gasteiger partial charge in [-0.3, -0.25) is 10.1 Å². The molecule has 1 aromatic rings. The molecular weight excluding hydrogens is 202 g/mol. The molecular formula is C9H9NO5. The van der Waals surface area contributed by atoms with E-state index in [1.165, 1.54) is 31.4 Å². The van der Waals surface area contributed by atoms with Crippen LogP contribution in [0.15, 0.2) is 24.3 Å². The molecule has 0 aromatic heterocycles. The second kappa shape index (κ2) is 5.06. The van der Waals surface area contributed by atoms with Crippen molar-refractivity contribution >= 4 is 11.7 Å². The molecule has 0 fully saturated rings. The third-order valence-corrected chi connectivity index (χ3v) is 1.52. The van der Waals surface area contributed by atoms with Crippen LogP contribution >= 0.6 is 0 Å². The first-order chi connectivity index (χ1) is 7.13. The maximum absolute atomic E-state index is 11.0. The number of carbonyl (C=O) groups excluding carboxylic acids is 1. The number of hydrogen-bond acceptors (Lipinski definition) is 5. The number of rotatable bonds is 4. The fourth-order valence-corrected chi connectivity index (χ4v) is 0.939. The minimum atomic E-state index is -0.599. The predicted molar refractivity (Wildman–Crippen MR) is 50.6 cm³/mol. The van der Waals surface area contributed by atoms with Gasteiger partial charge in [0, 0.05) is 13.2 Å². The predicted octanol–water partition coefficient (Wildman–Crippen LogP) is 1.15. The van der Waals surface area contributed by atoms with Crippen LogP contribution in [0.3, 0.4) is 0 Å². The Hall–Kier alpha value is -1.95. The molecule has 0 saturated carbocycles. The Morgan fingerprint density at radius 1 is 1.53 bits per heavy atom. The van der Waals surface area contributed by atoms with E-state index < -0.39 is 10.9 Å². The van der Waals surface area contributed by atoms with E-state index in [2.05, 4.69) is 4.74 Å². The number of ether oxygens (including phenoxy) is 2. The van der Waals surface area contributed by atoms with Gasteiger partial charge in [-0.15, -0.1) is 0 Å². The lowest BCUT2D eigenvalue weighted by molar-refractivity contribution is -0.384. The maximum atomic E-state index is 11.0. The average Bonchev–Trinajstić information content (AvgIpc) is 2.18. The van der Waals surface area contributed by atoms with Crippen LogP contribution in [-0.2, 0) is 9.53 Å². The van der Waals surface area contributed by atoms with Gasteiger partial charge in [0.2, 0.25) is 0 Å². The summed E-state index contributed by atoms with van der Waals surface area (Å²) in [7, 11) is 1.36. The second-order valence-corrected chi connectivity index (χ2v) is 2.66. The highest BCUT2D eigenvalue weighted by Crippen LogP contribution is 2.18. The molecule has 1 aromatic carbocycles. The first kappa shape index (κ1) is 11.1. The summed E-state index contributed by atoms with van der Waals surface area (Å²) in [6.45, 7) is -0.192. The van der Waals surface area contributed by atoms with Crippen molar-refractivity contribution in [2.75, 3.05) is 13.7 Å². The number of nitrogens with zero attached hydrogens (tertiary/aromatic N) is 1. The number of hydrogen-bond donors (Lipinski definition) is 0. The molecule has 6 heteroatoms. The smallest absolute Gasteiger partial charge is 0.337 e. The van der Waals surface area contributed by atoms with Crippen LogP contribution in [0.2, 0.25) is 0 Å². The Labute approximate surface area is 85.6 Å². The Kier molecular flexibility index (Phi) is 3.75. The summed E-state index contributed by atoms with van der Waals surface area (Å²) in [4.78, 5) is 20.8. The van der Waals surface area contributed by atoms with Gasteiger partial charge in [0.1, 0.15) is 12.4 Å². The van der Waals surface area contributed by atoms with Gasteiger partial charge >= 0.3 is 5.97 Å². The lowest BCUT2D eigenvalue weighted by Gasteiger charge is -2.02. The summed E-state index contributed by atoms with van der Waals surface area (Å²) in [5, 5.41) is 10.4. The number of carbonyl (C=O) groups is 1. The topological polar surface area (TPSA) is 78.7 Å². The fourth-order valence-electron chi connectivity index (χ4n) is 0.939. The Balaban J connectivity index is 2.73. The van der Waals surface area contributed by atoms with Crippen molar-refractivity contribution in [3.8, 4) is 5.75 Å². The fraction of sp³-hybridized carbons (Fsp3) is 0.222. The van der Waals surface area contributed by atoms with Gasteiger partial charge in [0.25, 0.3) is 5.69 Å². The lowest BCUT2D eigenvalue weighted by Crippen LogP contribution is -2.14. The van der Waals surface area contributed by atoms with Crippen LogP contribution < -0.4 is 4.74 Å². The first-order valence-corrected chi connectivity index (χ1v) is 4.07. The zero-order chi connectivity index (χ0) is 11.3. The van der Waals surface area contributed by atoms with E-state index in [0.717, 1.165) is 0 Å². The quantitative estimate of drug-likeness (QED) is 0.323. The molecule has 1 rings (SSSR count). The Bertz CT molecular complexity index is 377. The molecule has 0 saturated heterocycles. The van der Waals surface area contributed by atoms with E-state index in [4.69, 9.17) is 4.74 Å². The Morgan fingerprint density at radius 3 is 2.87 bits per heavy atom. The zero-order valence-electron chi connectivity index (χ0n) is 8.00. The van der Waals surface area contributed by atoms with Crippen molar-refractivity contribution in [1.29, 1.82) is 0 Å². The molecule has 80 valence electrons. The number of methoxy groups -OCH3 is 1. The van der Waals surface area contributed by atoms with Crippen LogP contribution in [0.5, 0.6) is 5.75 Å². The first-order valence-electron chi connectivity index (χ1n) is 4.07. The SMILES string of the molecule is COCC(=O)Oc1cccc([N+](=O)[O-])c1. The molecule has 0 aliphatic heterocycles. The highest BCUT2D eigenvalue weighted by atomic mass is 16.6. The lowest BCUT2D eigenvalue weighted by atomic mass is 10.3. The highest BCUT2D eigenvalue weighted by Gasteiger charge is 2.09. The van der Waals surface area contributed by atoms with Crippen LogP contribution in [-0.4, -0.2) is 24.6 Å². The van der Waals surface area contributed by atoms with Crippen molar-refractivity contribution in [2.24, 2.45) is 0 Å². The minimum absolute atomic E-state index is 0.127. The molecule has 0 atom stereocenters. The van der Waals surface area contributed by atoms with Gasteiger partial charge in [-0.05, 0) is 6.07 Å². The summed E-state index contributed by atoms with van der Waals surface area (Å²) in [5.41, 5.74) is -0.127. The molecule has 15 heavy (non-hydrogen) atoms. The van der Waals surface area contributed by atoms with E-state index in [0.29, 0.717) is 0 Å². The van der Waals surface area contributed by atoms with Crippen LogP contribution in [0.25, 0.3) is 0 Å². The zero-order valence-corrected chi connectivity index (χ0v) is 8.00. The summed E-state index contributed by atoms with van der Waals surface area (Å²) >= 11 is 0. The molecule has 0 spiro atoms. The normalized spacial score (nSPS) is 9.67. The van der Waals surface area contributed by atoms with Crippen LogP contribution in [0, 0.1) is 10.1 Å². The number of non-ortho nitro benzene ring substituents is 1. The van der Waals surface area contributed by atoms with E-state index in [1.807, 2.05) is 0 Å². The van der Waals surface area contributed by atoms with Crippen molar-refractivity contribution in [3.63, 3.8) is 0 Å². The molecule has 0 aliphatic rings. The van der Waals surface area contributed by atoms with Crippen LogP contribution in [0.4, 0.5) is 5.69 Å². The van der Waals surface area contributed by atoms with E-state index >= 15 is 0 Å². The maximum Gasteiger partial charge on any atom is 0.337 e. The van der Waals surface area contributed by atoms with Gasteiger partial charge in [0.05, 0.1) is 11.0 Å². The standard InChI is InChI=1S/C9H9NO5/c1-14-6-9(11)15-8-4-2-3-7(5-8)10(12)13/h2-5H,6H2,1H3. The van der Waals surface area contributed by atoms with Crippen molar-refractivity contribution in [1.82, 2.24) is 0 Å². The van der Waals surface area contributed by atoms with E-state index in [1.54, 1.807) is 0 Å². The number of nitro benzene ring substituents is 1. The molecule has 6 nitrogen and oxygen atoms in total. The van der Waals surface area contributed by atoms with E-state index in [-0.39, 0.29) is 18.0 Å². The van der Waals surface area contributed by atoms with Gasteiger partial charge in [-0.2, -0.15) is 0 Å². The van der Waals surface area contributed by atoms with Crippen LogP contribution in [0.1, 0.15) is 0 Å². The third-order valence-electron chi connectivity index (χ3n) is 1.52. The number of benzene rings is 1. The molecule has 0 heterocycles. The monoisotopic (exact) mass is 211 g/mol. The molecule has 0 unspecified atom stereocenters. The van der Waals surface area contributed by atoms with Crippen molar-refractivity contribution in [3.05, 3.63) is 34.4 Å². The summed E-state index contributed by atoms with van der Waals surface area (Å²) in [6, 6.07) is 5.38. The minimum Gasteiger partial charge on any atom is -0.425 e. The van der Waals surface area contributed by atoms with Gasteiger partial charge in [-0.25, -0.2) is 4.79 Å². The highest BCUT2D eigenvalue weighted by molar-refractivity contribution is 5.73. The van der Waals surface area contributed by atoms with E-state index in [9.17, 15) is 14.9 Å². The van der Waals surface area contributed by atoms with Crippen molar-refractivity contribution in [2.45, 2.75) is 0 Å². The number of esters is 1. The van der Waals surface area contributed by atoms with Gasteiger partial charge in [0.15, 0.2) is 0 Å². The third kappa shape index (κ3) is 3.35. The van der Waals surface area contributed by atoms with Gasteiger partial charge < -0.3 is 9.47 Å². The van der Waals surface area contributed by atoms with Crippen molar-refractivity contribution < 1.29 is 19.2 Å². The second-order valence-electron chi connectivity index (χ2n) is 2.66.